The van der Waals surface area contributed by atoms with Gasteiger partial charge in [0.25, 0.3) is 0 Å². The molecule has 0 bridgehead atoms. The highest BCUT2D eigenvalue weighted by Crippen LogP contribution is 2.29. The van der Waals surface area contributed by atoms with E-state index in [0.717, 1.165) is 12.8 Å². The summed E-state index contributed by atoms with van der Waals surface area (Å²) < 4.78 is 4.73. The Labute approximate surface area is 62.6 Å². The lowest BCUT2D eigenvalue weighted by molar-refractivity contribution is -0.144. The Morgan fingerprint density at radius 2 is 2.00 bits per heavy atom. The molecule has 0 saturated heterocycles. The van der Waals surface area contributed by atoms with E-state index in [0.29, 0.717) is 6.61 Å². The van der Waals surface area contributed by atoms with Crippen molar-refractivity contribution in [1.82, 2.24) is 0 Å². The minimum absolute atomic E-state index is 0.00694. The van der Waals surface area contributed by atoms with Crippen molar-refractivity contribution in [1.29, 1.82) is 0 Å². The van der Waals surface area contributed by atoms with Crippen LogP contribution in [0.2, 0.25) is 0 Å². The van der Waals surface area contributed by atoms with Crippen LogP contribution in [-0.4, -0.2) is 12.6 Å². The second-order valence-corrected chi connectivity index (χ2v) is 2.03. The fourth-order valence-electron chi connectivity index (χ4n) is 0.579. The molecule has 10 heavy (non-hydrogen) atoms. The quantitative estimate of drug-likeness (QED) is 0.554. The maximum atomic E-state index is 10.6. The van der Waals surface area contributed by atoms with Crippen molar-refractivity contribution in [3.63, 3.8) is 0 Å². The van der Waals surface area contributed by atoms with E-state index < -0.39 is 0 Å². The molecule has 1 fully saturated rings. The molecule has 0 radical (unpaired) electrons. The molecule has 2 heteroatoms. The molecule has 0 N–H and O–H groups in total. The molecule has 0 unspecified atom stereocenters. The molecule has 1 aliphatic rings. The predicted molar refractivity (Wildman–Crippen MR) is 40.7 cm³/mol. The SMILES string of the molecule is CC.CCOC(=O)C1CC1. The Hall–Kier alpha value is -0.530. The highest BCUT2D eigenvalue weighted by Gasteiger charge is 2.30. The van der Waals surface area contributed by atoms with Crippen molar-refractivity contribution in [2.45, 2.75) is 33.6 Å². The largest absolute Gasteiger partial charge is 0.466 e. The van der Waals surface area contributed by atoms with Gasteiger partial charge in [-0.1, -0.05) is 13.8 Å². The number of carbonyl (C=O) groups excluding carboxylic acids is 1. The Kier molecular flexibility index (Phi) is 4.99. The van der Waals surface area contributed by atoms with Gasteiger partial charge in [-0.15, -0.1) is 0 Å². The second kappa shape index (κ2) is 5.27. The van der Waals surface area contributed by atoms with Crippen LogP contribution in [0.25, 0.3) is 0 Å². The standard InChI is InChI=1S/C6H10O2.C2H6/c1-2-8-6(7)5-3-4-5;1-2/h5H,2-4H2,1H3;1-2H3. The molecule has 0 aliphatic heterocycles. The first-order chi connectivity index (χ1) is 4.84. The van der Waals surface area contributed by atoms with E-state index in [1.165, 1.54) is 0 Å². The molecule has 0 aromatic carbocycles. The first kappa shape index (κ1) is 9.47. The normalized spacial score (nSPS) is 15.1. The third-order valence-electron chi connectivity index (χ3n) is 1.20. The van der Waals surface area contributed by atoms with Crippen molar-refractivity contribution in [2.24, 2.45) is 5.92 Å². The number of hydrogen-bond donors (Lipinski definition) is 0. The first-order valence-corrected chi connectivity index (χ1v) is 4.01. The highest BCUT2D eigenvalue weighted by molar-refractivity contribution is 5.74. The molecule has 1 aliphatic carbocycles. The molecular formula is C8H16O2. The molecule has 0 spiro atoms. The van der Waals surface area contributed by atoms with Crippen LogP contribution >= 0.6 is 0 Å². The lowest BCUT2D eigenvalue weighted by Gasteiger charge is -1.95. The van der Waals surface area contributed by atoms with Crippen LogP contribution in [0.3, 0.4) is 0 Å². The summed E-state index contributed by atoms with van der Waals surface area (Å²) in [5, 5.41) is 0. The lowest BCUT2D eigenvalue weighted by Crippen LogP contribution is -2.04. The average molecular weight is 144 g/mol. The van der Waals surface area contributed by atoms with Gasteiger partial charge in [0.05, 0.1) is 12.5 Å². The minimum Gasteiger partial charge on any atom is -0.466 e. The fourth-order valence-corrected chi connectivity index (χ4v) is 0.579. The monoisotopic (exact) mass is 144 g/mol. The number of esters is 1. The average Bonchev–Trinajstić information content (AvgIpc) is 2.74. The zero-order chi connectivity index (χ0) is 7.98. The van der Waals surface area contributed by atoms with E-state index in [1.54, 1.807) is 0 Å². The van der Waals surface area contributed by atoms with E-state index in [9.17, 15) is 4.79 Å². The molecule has 1 rings (SSSR count). The maximum absolute atomic E-state index is 10.6. The van der Waals surface area contributed by atoms with Gasteiger partial charge in [0.15, 0.2) is 0 Å². The number of rotatable bonds is 2. The van der Waals surface area contributed by atoms with E-state index in [1.807, 2.05) is 20.8 Å². The summed E-state index contributed by atoms with van der Waals surface area (Å²) in [5.41, 5.74) is 0. The summed E-state index contributed by atoms with van der Waals surface area (Å²) in [7, 11) is 0. The summed E-state index contributed by atoms with van der Waals surface area (Å²) in [6.45, 7) is 6.36. The molecule has 0 atom stereocenters. The van der Waals surface area contributed by atoms with Crippen LogP contribution in [0.5, 0.6) is 0 Å². The maximum Gasteiger partial charge on any atom is 0.308 e. The molecule has 0 heterocycles. The van der Waals surface area contributed by atoms with Gasteiger partial charge in [-0.2, -0.15) is 0 Å². The van der Waals surface area contributed by atoms with Crippen molar-refractivity contribution in [3.05, 3.63) is 0 Å². The fraction of sp³-hybridized carbons (Fsp3) is 0.875. The van der Waals surface area contributed by atoms with Gasteiger partial charge in [-0.05, 0) is 19.8 Å². The van der Waals surface area contributed by atoms with Crippen molar-refractivity contribution in [2.75, 3.05) is 6.61 Å². The second-order valence-electron chi connectivity index (χ2n) is 2.03. The summed E-state index contributed by atoms with van der Waals surface area (Å²) in [5.74, 6) is 0.252. The summed E-state index contributed by atoms with van der Waals surface area (Å²) in [6, 6.07) is 0. The number of hydrogen-bond acceptors (Lipinski definition) is 2. The summed E-state index contributed by atoms with van der Waals surface area (Å²) >= 11 is 0. The predicted octanol–water partition coefficient (Wildman–Crippen LogP) is 1.99. The van der Waals surface area contributed by atoms with Gasteiger partial charge < -0.3 is 4.74 Å². The Morgan fingerprint density at radius 1 is 1.50 bits per heavy atom. The van der Waals surface area contributed by atoms with Crippen LogP contribution in [0.1, 0.15) is 33.6 Å². The highest BCUT2D eigenvalue weighted by atomic mass is 16.5. The van der Waals surface area contributed by atoms with Gasteiger partial charge >= 0.3 is 5.97 Å². The number of ether oxygens (including phenoxy) is 1. The summed E-state index contributed by atoms with van der Waals surface area (Å²) in [4.78, 5) is 10.6. The van der Waals surface area contributed by atoms with Gasteiger partial charge in [0.1, 0.15) is 0 Å². The van der Waals surface area contributed by atoms with Gasteiger partial charge in [0.2, 0.25) is 0 Å². The Balaban J connectivity index is 0.000000371. The van der Waals surface area contributed by atoms with Crippen LogP contribution in [0.15, 0.2) is 0 Å². The van der Waals surface area contributed by atoms with E-state index in [-0.39, 0.29) is 11.9 Å². The first-order valence-electron chi connectivity index (χ1n) is 4.01. The third kappa shape index (κ3) is 3.49. The third-order valence-corrected chi connectivity index (χ3v) is 1.20. The van der Waals surface area contributed by atoms with E-state index in [2.05, 4.69) is 0 Å². The molecule has 0 aromatic heterocycles. The Bertz CT molecular complexity index is 95.4. The molecule has 1 saturated carbocycles. The topological polar surface area (TPSA) is 26.3 Å². The van der Waals surface area contributed by atoms with Gasteiger partial charge in [-0.3, -0.25) is 4.79 Å². The van der Waals surface area contributed by atoms with Crippen molar-refractivity contribution in [3.8, 4) is 0 Å². The van der Waals surface area contributed by atoms with E-state index in [4.69, 9.17) is 4.74 Å². The van der Waals surface area contributed by atoms with Crippen LogP contribution in [0, 0.1) is 5.92 Å². The zero-order valence-corrected chi connectivity index (χ0v) is 7.02. The van der Waals surface area contributed by atoms with Crippen molar-refractivity contribution < 1.29 is 9.53 Å². The van der Waals surface area contributed by atoms with Crippen molar-refractivity contribution >= 4 is 5.97 Å². The molecule has 0 aromatic rings. The van der Waals surface area contributed by atoms with Crippen LogP contribution < -0.4 is 0 Å². The molecule has 60 valence electrons. The molecule has 2 nitrogen and oxygen atoms in total. The minimum atomic E-state index is -0.00694. The van der Waals surface area contributed by atoms with Gasteiger partial charge in [0, 0.05) is 0 Å². The van der Waals surface area contributed by atoms with Crippen LogP contribution in [-0.2, 0) is 9.53 Å². The Morgan fingerprint density at radius 3 is 2.30 bits per heavy atom. The lowest BCUT2D eigenvalue weighted by atomic mass is 10.4. The van der Waals surface area contributed by atoms with Gasteiger partial charge in [-0.25, -0.2) is 0 Å². The molecule has 0 amide bonds. The van der Waals surface area contributed by atoms with E-state index >= 15 is 0 Å². The van der Waals surface area contributed by atoms with Crippen LogP contribution in [0.4, 0.5) is 0 Å². The zero-order valence-electron chi connectivity index (χ0n) is 7.02. The summed E-state index contributed by atoms with van der Waals surface area (Å²) in [6.07, 6.45) is 2.08. The smallest absolute Gasteiger partial charge is 0.308 e. The molecular weight excluding hydrogens is 128 g/mol. The number of carbonyl (C=O) groups is 1.